The fourth-order valence-corrected chi connectivity index (χ4v) is 2.69. The SMILES string of the molecule is CC(=O)C(CCCl)Cc1cn2ccsc2n1. The van der Waals surface area contributed by atoms with Gasteiger partial charge in [0.05, 0.1) is 5.69 Å². The van der Waals surface area contributed by atoms with E-state index in [1.165, 1.54) is 0 Å². The second-order valence-electron chi connectivity index (χ2n) is 3.81. The smallest absolute Gasteiger partial charge is 0.193 e. The van der Waals surface area contributed by atoms with Crippen LogP contribution in [0, 0.1) is 5.92 Å². The van der Waals surface area contributed by atoms with Gasteiger partial charge in [-0.1, -0.05) is 0 Å². The van der Waals surface area contributed by atoms with Gasteiger partial charge in [0.25, 0.3) is 0 Å². The third kappa shape index (κ3) is 2.44. The first kappa shape index (κ1) is 11.6. The molecule has 2 rings (SSSR count). The van der Waals surface area contributed by atoms with Gasteiger partial charge in [0.2, 0.25) is 0 Å². The summed E-state index contributed by atoms with van der Waals surface area (Å²) >= 11 is 7.29. The number of ketones is 1. The zero-order chi connectivity index (χ0) is 11.5. The van der Waals surface area contributed by atoms with E-state index in [0.717, 1.165) is 17.1 Å². The number of alkyl halides is 1. The number of nitrogens with zero attached hydrogens (tertiary/aromatic N) is 2. The van der Waals surface area contributed by atoms with Crippen LogP contribution in [0.4, 0.5) is 0 Å². The Bertz CT molecular complexity index is 462. The minimum atomic E-state index is 0.00195. The minimum absolute atomic E-state index is 0.00195. The summed E-state index contributed by atoms with van der Waals surface area (Å²) in [6.07, 6.45) is 5.37. The second-order valence-corrected chi connectivity index (χ2v) is 5.07. The largest absolute Gasteiger partial charge is 0.300 e. The van der Waals surface area contributed by atoms with E-state index in [0.29, 0.717) is 12.3 Å². The van der Waals surface area contributed by atoms with Crippen LogP contribution in [0.1, 0.15) is 19.0 Å². The molecule has 2 heterocycles. The zero-order valence-electron chi connectivity index (χ0n) is 9.02. The first-order valence-electron chi connectivity index (χ1n) is 5.18. The van der Waals surface area contributed by atoms with Crippen molar-refractivity contribution in [1.82, 2.24) is 9.38 Å². The van der Waals surface area contributed by atoms with Crippen molar-refractivity contribution in [2.45, 2.75) is 19.8 Å². The Balaban J connectivity index is 2.13. The zero-order valence-corrected chi connectivity index (χ0v) is 10.6. The van der Waals surface area contributed by atoms with Crippen molar-refractivity contribution in [3.05, 3.63) is 23.5 Å². The predicted molar refractivity (Wildman–Crippen MR) is 66.3 cm³/mol. The number of hydrogen-bond donors (Lipinski definition) is 0. The molecular weight excluding hydrogens is 244 g/mol. The molecule has 0 aromatic carbocycles. The number of carbonyl (C=O) groups excluding carboxylic acids is 1. The molecule has 1 atom stereocenters. The van der Waals surface area contributed by atoms with Crippen LogP contribution in [0.15, 0.2) is 17.8 Å². The van der Waals surface area contributed by atoms with E-state index in [9.17, 15) is 4.79 Å². The Hall–Kier alpha value is -0.870. The van der Waals surface area contributed by atoms with E-state index in [2.05, 4.69) is 4.98 Å². The van der Waals surface area contributed by atoms with Crippen molar-refractivity contribution in [1.29, 1.82) is 0 Å². The molecule has 86 valence electrons. The van der Waals surface area contributed by atoms with Gasteiger partial charge < -0.3 is 0 Å². The fraction of sp³-hybridized carbons (Fsp3) is 0.455. The normalized spacial score (nSPS) is 13.1. The number of Topliss-reactive ketones (excluding diaryl/α,β-unsaturated/α-hetero) is 1. The molecule has 0 radical (unpaired) electrons. The molecule has 0 spiro atoms. The molecule has 0 saturated carbocycles. The molecule has 2 aromatic rings. The van der Waals surface area contributed by atoms with Gasteiger partial charge in [0, 0.05) is 36.0 Å². The standard InChI is InChI=1S/C11H13ClN2OS/c1-8(15)9(2-3-12)6-10-7-14-4-5-16-11(14)13-10/h4-5,7,9H,2-3,6H2,1H3. The van der Waals surface area contributed by atoms with Crippen LogP contribution in [0.5, 0.6) is 0 Å². The van der Waals surface area contributed by atoms with E-state index in [4.69, 9.17) is 11.6 Å². The lowest BCUT2D eigenvalue weighted by molar-refractivity contribution is -0.120. The van der Waals surface area contributed by atoms with E-state index < -0.39 is 0 Å². The Morgan fingerprint density at radius 1 is 1.69 bits per heavy atom. The van der Waals surface area contributed by atoms with E-state index in [1.807, 2.05) is 22.2 Å². The third-order valence-corrected chi connectivity index (χ3v) is 3.62. The molecule has 0 bridgehead atoms. The fourth-order valence-electron chi connectivity index (χ4n) is 1.71. The Labute approximate surface area is 103 Å². The van der Waals surface area contributed by atoms with Crippen LogP contribution < -0.4 is 0 Å². The van der Waals surface area contributed by atoms with Crippen molar-refractivity contribution in [2.24, 2.45) is 5.92 Å². The lowest BCUT2D eigenvalue weighted by atomic mass is 9.97. The molecule has 0 amide bonds. The van der Waals surface area contributed by atoms with Crippen LogP contribution in [-0.4, -0.2) is 21.0 Å². The van der Waals surface area contributed by atoms with Gasteiger partial charge in [-0.15, -0.1) is 22.9 Å². The summed E-state index contributed by atoms with van der Waals surface area (Å²) < 4.78 is 1.98. The van der Waals surface area contributed by atoms with Crippen LogP contribution in [-0.2, 0) is 11.2 Å². The number of rotatable bonds is 5. The van der Waals surface area contributed by atoms with Gasteiger partial charge in [-0.2, -0.15) is 0 Å². The summed E-state index contributed by atoms with van der Waals surface area (Å²) in [6, 6.07) is 0. The summed E-state index contributed by atoms with van der Waals surface area (Å²) in [7, 11) is 0. The molecule has 2 aromatic heterocycles. The number of hydrogen-bond acceptors (Lipinski definition) is 3. The van der Waals surface area contributed by atoms with Crippen LogP contribution in [0.25, 0.3) is 4.96 Å². The van der Waals surface area contributed by atoms with Crippen molar-refractivity contribution in [3.63, 3.8) is 0 Å². The highest BCUT2D eigenvalue weighted by Crippen LogP contribution is 2.17. The Morgan fingerprint density at radius 2 is 2.50 bits per heavy atom. The van der Waals surface area contributed by atoms with Crippen molar-refractivity contribution in [3.8, 4) is 0 Å². The number of aromatic nitrogens is 2. The molecule has 0 aliphatic carbocycles. The first-order chi connectivity index (χ1) is 7.70. The maximum atomic E-state index is 11.4. The molecule has 3 nitrogen and oxygen atoms in total. The first-order valence-corrected chi connectivity index (χ1v) is 6.59. The van der Waals surface area contributed by atoms with E-state index >= 15 is 0 Å². The van der Waals surface area contributed by atoms with E-state index in [1.54, 1.807) is 18.3 Å². The second kappa shape index (κ2) is 4.97. The van der Waals surface area contributed by atoms with Gasteiger partial charge in [0.1, 0.15) is 5.78 Å². The molecule has 0 aliphatic heterocycles. The topological polar surface area (TPSA) is 34.4 Å². The van der Waals surface area contributed by atoms with Gasteiger partial charge in [0.15, 0.2) is 4.96 Å². The summed E-state index contributed by atoms with van der Waals surface area (Å²) in [6.45, 7) is 1.62. The number of fused-ring (bicyclic) bond motifs is 1. The average Bonchev–Trinajstić information content (AvgIpc) is 2.76. The summed E-state index contributed by atoms with van der Waals surface area (Å²) in [4.78, 5) is 16.8. The van der Waals surface area contributed by atoms with Crippen molar-refractivity contribution < 1.29 is 4.79 Å². The highest BCUT2D eigenvalue weighted by atomic mass is 35.5. The summed E-state index contributed by atoms with van der Waals surface area (Å²) in [5.74, 6) is 0.714. The van der Waals surface area contributed by atoms with Crippen LogP contribution >= 0.6 is 22.9 Å². The molecule has 0 N–H and O–H groups in total. The van der Waals surface area contributed by atoms with Gasteiger partial charge in [-0.25, -0.2) is 4.98 Å². The Kier molecular flexibility index (Phi) is 3.61. The van der Waals surface area contributed by atoms with Crippen molar-refractivity contribution >= 4 is 33.7 Å². The lowest BCUT2D eigenvalue weighted by Gasteiger charge is -2.09. The highest BCUT2D eigenvalue weighted by molar-refractivity contribution is 7.15. The number of imidazole rings is 1. The molecule has 1 unspecified atom stereocenters. The van der Waals surface area contributed by atoms with Crippen molar-refractivity contribution in [2.75, 3.05) is 5.88 Å². The monoisotopic (exact) mass is 256 g/mol. The quantitative estimate of drug-likeness (QED) is 0.771. The molecule has 0 saturated heterocycles. The van der Waals surface area contributed by atoms with E-state index in [-0.39, 0.29) is 11.7 Å². The predicted octanol–water partition coefficient (Wildman–Crippen LogP) is 2.77. The van der Waals surface area contributed by atoms with Crippen LogP contribution in [0.2, 0.25) is 0 Å². The highest BCUT2D eigenvalue weighted by Gasteiger charge is 2.16. The molecule has 16 heavy (non-hydrogen) atoms. The summed E-state index contributed by atoms with van der Waals surface area (Å²) in [5, 5.41) is 1.99. The van der Waals surface area contributed by atoms with Gasteiger partial charge >= 0.3 is 0 Å². The lowest BCUT2D eigenvalue weighted by Crippen LogP contribution is -2.14. The van der Waals surface area contributed by atoms with Gasteiger partial charge in [-0.3, -0.25) is 9.20 Å². The summed E-state index contributed by atoms with van der Waals surface area (Å²) in [5.41, 5.74) is 0.970. The average molecular weight is 257 g/mol. The van der Waals surface area contributed by atoms with Crippen LogP contribution in [0.3, 0.4) is 0 Å². The van der Waals surface area contributed by atoms with Gasteiger partial charge in [-0.05, 0) is 13.3 Å². The molecule has 0 aliphatic rings. The molecule has 5 heteroatoms. The number of carbonyl (C=O) groups is 1. The Morgan fingerprint density at radius 3 is 3.12 bits per heavy atom. The molecule has 0 fully saturated rings. The number of halogens is 1. The maximum absolute atomic E-state index is 11.4. The third-order valence-electron chi connectivity index (χ3n) is 2.63. The number of thiazole rings is 1. The molecular formula is C11H13ClN2OS. The maximum Gasteiger partial charge on any atom is 0.193 e. The minimum Gasteiger partial charge on any atom is -0.300 e.